The van der Waals surface area contributed by atoms with Crippen LogP contribution in [0.5, 0.6) is 0 Å². The molecule has 1 aromatic heterocycles. The standard InChI is InChI=1S/C15H17N3O2/c1-11(18-8-4-7-16-18)9-15(20)17-14-6-3-5-13(10-14)12(2)19/h3-8,10-11H,9H2,1-2H3,(H,17,20)/t11-/m0/s1. The summed E-state index contributed by atoms with van der Waals surface area (Å²) in [5.41, 5.74) is 1.22. The summed E-state index contributed by atoms with van der Waals surface area (Å²) < 4.78 is 1.74. The number of ketones is 1. The van der Waals surface area contributed by atoms with Crippen LogP contribution in [0, 0.1) is 0 Å². The molecule has 104 valence electrons. The van der Waals surface area contributed by atoms with Crippen molar-refractivity contribution >= 4 is 17.4 Å². The molecule has 0 aliphatic rings. The maximum absolute atomic E-state index is 12.0. The average molecular weight is 271 g/mol. The fourth-order valence-corrected chi connectivity index (χ4v) is 1.93. The molecule has 0 bridgehead atoms. The van der Waals surface area contributed by atoms with Gasteiger partial charge < -0.3 is 5.32 Å². The van der Waals surface area contributed by atoms with Gasteiger partial charge in [-0.2, -0.15) is 5.10 Å². The molecule has 0 aliphatic carbocycles. The Kier molecular flexibility index (Phi) is 4.30. The normalized spacial score (nSPS) is 11.9. The van der Waals surface area contributed by atoms with Gasteiger partial charge in [-0.25, -0.2) is 0 Å². The highest BCUT2D eigenvalue weighted by atomic mass is 16.1. The largest absolute Gasteiger partial charge is 0.326 e. The van der Waals surface area contributed by atoms with Crippen molar-refractivity contribution in [2.24, 2.45) is 0 Å². The summed E-state index contributed by atoms with van der Waals surface area (Å²) in [7, 11) is 0. The van der Waals surface area contributed by atoms with Crippen molar-refractivity contribution in [1.82, 2.24) is 9.78 Å². The predicted octanol–water partition coefficient (Wildman–Crippen LogP) is 2.68. The minimum atomic E-state index is -0.103. The van der Waals surface area contributed by atoms with E-state index in [2.05, 4.69) is 10.4 Å². The number of Topliss-reactive ketones (excluding diaryl/α,β-unsaturated/α-hetero) is 1. The summed E-state index contributed by atoms with van der Waals surface area (Å²) in [6.07, 6.45) is 3.84. The second kappa shape index (κ2) is 6.14. The van der Waals surface area contributed by atoms with E-state index in [4.69, 9.17) is 0 Å². The monoisotopic (exact) mass is 271 g/mol. The van der Waals surface area contributed by atoms with Gasteiger partial charge >= 0.3 is 0 Å². The lowest BCUT2D eigenvalue weighted by molar-refractivity contribution is -0.116. The van der Waals surface area contributed by atoms with Gasteiger partial charge in [0.2, 0.25) is 5.91 Å². The lowest BCUT2D eigenvalue weighted by atomic mass is 10.1. The molecule has 1 amide bonds. The molecule has 5 heteroatoms. The summed E-state index contributed by atoms with van der Waals surface area (Å²) in [5.74, 6) is -0.125. The van der Waals surface area contributed by atoms with Gasteiger partial charge in [-0.3, -0.25) is 14.3 Å². The number of anilines is 1. The third kappa shape index (κ3) is 3.54. The molecule has 1 N–H and O–H groups in total. The van der Waals surface area contributed by atoms with Crippen LogP contribution in [-0.2, 0) is 4.79 Å². The zero-order valence-corrected chi connectivity index (χ0v) is 11.5. The minimum Gasteiger partial charge on any atom is -0.326 e. The van der Waals surface area contributed by atoms with E-state index in [1.807, 2.05) is 19.2 Å². The number of rotatable bonds is 5. The summed E-state index contributed by atoms with van der Waals surface area (Å²) in [6.45, 7) is 3.43. The van der Waals surface area contributed by atoms with Crippen molar-refractivity contribution in [2.75, 3.05) is 5.32 Å². The molecule has 2 aromatic rings. The van der Waals surface area contributed by atoms with Crippen LogP contribution in [0.3, 0.4) is 0 Å². The molecule has 20 heavy (non-hydrogen) atoms. The first-order chi connectivity index (χ1) is 9.56. The van der Waals surface area contributed by atoms with Gasteiger partial charge in [0.25, 0.3) is 0 Å². The summed E-state index contributed by atoms with van der Waals surface area (Å²) >= 11 is 0. The molecule has 0 saturated heterocycles. The first-order valence-electron chi connectivity index (χ1n) is 6.46. The molecular formula is C15H17N3O2. The first kappa shape index (κ1) is 14.0. The van der Waals surface area contributed by atoms with Crippen LogP contribution in [-0.4, -0.2) is 21.5 Å². The van der Waals surface area contributed by atoms with E-state index in [1.165, 1.54) is 6.92 Å². The Morgan fingerprint density at radius 2 is 2.15 bits per heavy atom. The molecule has 0 fully saturated rings. The van der Waals surface area contributed by atoms with Gasteiger partial charge in [0.15, 0.2) is 5.78 Å². The lowest BCUT2D eigenvalue weighted by Crippen LogP contribution is -2.18. The van der Waals surface area contributed by atoms with E-state index in [-0.39, 0.29) is 17.7 Å². The van der Waals surface area contributed by atoms with Crippen molar-refractivity contribution in [2.45, 2.75) is 26.3 Å². The average Bonchev–Trinajstić information content (AvgIpc) is 2.92. The zero-order valence-electron chi connectivity index (χ0n) is 11.5. The molecular weight excluding hydrogens is 254 g/mol. The fourth-order valence-electron chi connectivity index (χ4n) is 1.93. The van der Waals surface area contributed by atoms with Crippen LogP contribution in [0.25, 0.3) is 0 Å². The van der Waals surface area contributed by atoms with E-state index in [0.29, 0.717) is 17.7 Å². The molecule has 0 unspecified atom stereocenters. The Balaban J connectivity index is 1.98. The number of hydrogen-bond donors (Lipinski definition) is 1. The second-order valence-electron chi connectivity index (χ2n) is 4.72. The van der Waals surface area contributed by atoms with E-state index >= 15 is 0 Å². The molecule has 1 atom stereocenters. The Labute approximate surface area is 117 Å². The number of nitrogens with zero attached hydrogens (tertiary/aromatic N) is 2. The molecule has 1 heterocycles. The number of amides is 1. The Hall–Kier alpha value is -2.43. The van der Waals surface area contributed by atoms with Crippen molar-refractivity contribution in [3.05, 3.63) is 48.3 Å². The number of benzene rings is 1. The molecule has 5 nitrogen and oxygen atoms in total. The molecule has 0 saturated carbocycles. The highest BCUT2D eigenvalue weighted by molar-refractivity contribution is 5.97. The van der Waals surface area contributed by atoms with E-state index in [9.17, 15) is 9.59 Å². The van der Waals surface area contributed by atoms with Gasteiger partial charge in [-0.05, 0) is 32.0 Å². The predicted molar refractivity (Wildman–Crippen MR) is 76.6 cm³/mol. The quantitative estimate of drug-likeness (QED) is 0.850. The van der Waals surface area contributed by atoms with Crippen molar-refractivity contribution in [1.29, 1.82) is 0 Å². The van der Waals surface area contributed by atoms with Crippen LogP contribution in [0.1, 0.15) is 36.7 Å². The highest BCUT2D eigenvalue weighted by Crippen LogP contribution is 2.14. The topological polar surface area (TPSA) is 64.0 Å². The smallest absolute Gasteiger partial charge is 0.226 e. The Morgan fingerprint density at radius 1 is 1.35 bits per heavy atom. The maximum Gasteiger partial charge on any atom is 0.226 e. The maximum atomic E-state index is 12.0. The summed E-state index contributed by atoms with van der Waals surface area (Å²) in [6, 6.07) is 8.74. The first-order valence-corrected chi connectivity index (χ1v) is 6.46. The summed E-state index contributed by atoms with van der Waals surface area (Å²) in [5, 5.41) is 6.90. The Morgan fingerprint density at radius 3 is 2.80 bits per heavy atom. The van der Waals surface area contributed by atoms with Crippen LogP contribution < -0.4 is 5.32 Å². The van der Waals surface area contributed by atoms with Crippen LogP contribution in [0.15, 0.2) is 42.7 Å². The van der Waals surface area contributed by atoms with Gasteiger partial charge in [0.05, 0.1) is 6.04 Å². The van der Waals surface area contributed by atoms with Crippen molar-refractivity contribution in [3.63, 3.8) is 0 Å². The van der Waals surface area contributed by atoms with Crippen LogP contribution in [0.2, 0.25) is 0 Å². The van der Waals surface area contributed by atoms with Crippen molar-refractivity contribution < 1.29 is 9.59 Å². The van der Waals surface area contributed by atoms with Gasteiger partial charge in [0.1, 0.15) is 0 Å². The molecule has 0 spiro atoms. The van der Waals surface area contributed by atoms with Crippen molar-refractivity contribution in [3.8, 4) is 0 Å². The highest BCUT2D eigenvalue weighted by Gasteiger charge is 2.11. The number of nitrogens with one attached hydrogen (secondary N) is 1. The molecule has 1 aromatic carbocycles. The van der Waals surface area contributed by atoms with Gasteiger partial charge in [-0.1, -0.05) is 12.1 Å². The molecule has 0 radical (unpaired) electrons. The van der Waals surface area contributed by atoms with Crippen LogP contribution >= 0.6 is 0 Å². The minimum absolute atomic E-state index is 0.0130. The molecule has 0 aliphatic heterocycles. The van der Waals surface area contributed by atoms with E-state index < -0.39 is 0 Å². The Bertz CT molecular complexity index is 605. The lowest BCUT2D eigenvalue weighted by Gasteiger charge is -2.12. The summed E-state index contributed by atoms with van der Waals surface area (Å²) in [4.78, 5) is 23.3. The number of carbonyl (C=O) groups is 2. The second-order valence-corrected chi connectivity index (χ2v) is 4.72. The van der Waals surface area contributed by atoms with Gasteiger partial charge in [0, 0.05) is 30.1 Å². The SMILES string of the molecule is CC(=O)c1cccc(NC(=O)C[C@H](C)n2cccn2)c1. The van der Waals surface area contributed by atoms with E-state index in [0.717, 1.165) is 0 Å². The van der Waals surface area contributed by atoms with E-state index in [1.54, 1.807) is 35.1 Å². The molecule has 2 rings (SSSR count). The number of hydrogen-bond acceptors (Lipinski definition) is 3. The number of aromatic nitrogens is 2. The third-order valence-electron chi connectivity index (χ3n) is 3.01. The third-order valence-corrected chi connectivity index (χ3v) is 3.01. The van der Waals surface area contributed by atoms with Crippen LogP contribution in [0.4, 0.5) is 5.69 Å². The van der Waals surface area contributed by atoms with Gasteiger partial charge in [-0.15, -0.1) is 0 Å². The zero-order chi connectivity index (χ0) is 14.5. The fraction of sp³-hybridized carbons (Fsp3) is 0.267. The number of carbonyl (C=O) groups excluding carboxylic acids is 2.